The van der Waals surface area contributed by atoms with Crippen LogP contribution >= 0.6 is 11.6 Å². The molecular formula is C23H25ClN4O3. The first-order valence-electron chi connectivity index (χ1n) is 10.4. The van der Waals surface area contributed by atoms with Crippen LogP contribution in [0.2, 0.25) is 5.02 Å². The normalized spacial score (nSPS) is 21.1. The highest BCUT2D eigenvalue weighted by Gasteiger charge is 2.47. The van der Waals surface area contributed by atoms with E-state index in [2.05, 4.69) is 10.6 Å². The van der Waals surface area contributed by atoms with E-state index in [4.69, 9.17) is 11.6 Å². The summed E-state index contributed by atoms with van der Waals surface area (Å²) in [5, 5.41) is 6.61. The predicted molar refractivity (Wildman–Crippen MR) is 119 cm³/mol. The SMILES string of the molecule is Cc1ccc(NC(=O)CN2C(=O)N(Cc3ccccc3)C(=O)C3NCCCC32)cc1Cl. The molecule has 2 atom stereocenters. The molecule has 2 aromatic rings. The monoisotopic (exact) mass is 440 g/mol. The number of nitrogens with one attached hydrogen (secondary N) is 2. The van der Waals surface area contributed by atoms with Gasteiger partial charge in [0.15, 0.2) is 0 Å². The molecule has 0 radical (unpaired) electrons. The molecule has 4 amide bonds. The van der Waals surface area contributed by atoms with Crippen LogP contribution in [0.1, 0.15) is 24.0 Å². The van der Waals surface area contributed by atoms with Crippen molar-refractivity contribution in [1.82, 2.24) is 15.1 Å². The number of fused-ring (bicyclic) bond motifs is 1. The lowest BCUT2D eigenvalue weighted by Gasteiger charge is -2.46. The number of anilines is 1. The Labute approximate surface area is 186 Å². The van der Waals surface area contributed by atoms with Crippen LogP contribution in [0.15, 0.2) is 48.5 Å². The number of benzene rings is 2. The lowest BCUT2D eigenvalue weighted by molar-refractivity contribution is -0.138. The fourth-order valence-corrected chi connectivity index (χ4v) is 4.32. The van der Waals surface area contributed by atoms with E-state index in [0.29, 0.717) is 23.7 Å². The maximum absolute atomic E-state index is 13.3. The van der Waals surface area contributed by atoms with E-state index in [1.807, 2.05) is 43.3 Å². The highest BCUT2D eigenvalue weighted by Crippen LogP contribution is 2.26. The number of halogens is 1. The summed E-state index contributed by atoms with van der Waals surface area (Å²) in [6.07, 6.45) is 1.52. The van der Waals surface area contributed by atoms with E-state index in [-0.39, 0.29) is 30.9 Å². The fourth-order valence-electron chi connectivity index (χ4n) is 4.14. The number of hydrogen-bond acceptors (Lipinski definition) is 4. The Kier molecular flexibility index (Phi) is 6.25. The standard InChI is InChI=1S/C23H25ClN4O3/c1-15-9-10-17(12-18(15)24)26-20(29)14-27-19-8-5-11-25-21(19)22(30)28(23(27)31)13-16-6-3-2-4-7-16/h2-4,6-7,9-10,12,19,21,25H,5,8,11,13-14H2,1H3,(H,26,29). The number of amides is 4. The maximum Gasteiger partial charge on any atom is 0.327 e. The Balaban J connectivity index is 1.53. The Morgan fingerprint density at radius 2 is 1.97 bits per heavy atom. The number of imide groups is 1. The summed E-state index contributed by atoms with van der Waals surface area (Å²) >= 11 is 6.15. The molecule has 0 aromatic heterocycles. The van der Waals surface area contributed by atoms with E-state index in [0.717, 1.165) is 17.5 Å². The van der Waals surface area contributed by atoms with Crippen molar-refractivity contribution in [3.05, 3.63) is 64.7 Å². The van der Waals surface area contributed by atoms with Gasteiger partial charge in [-0.05, 0) is 49.6 Å². The molecule has 2 heterocycles. The molecule has 0 bridgehead atoms. The second-order valence-corrected chi connectivity index (χ2v) is 8.38. The minimum atomic E-state index is -0.503. The molecule has 2 aliphatic rings. The molecule has 162 valence electrons. The van der Waals surface area contributed by atoms with Crippen molar-refractivity contribution < 1.29 is 14.4 Å². The maximum atomic E-state index is 13.3. The van der Waals surface area contributed by atoms with Gasteiger partial charge in [-0.15, -0.1) is 0 Å². The number of aryl methyl sites for hydroxylation is 1. The van der Waals surface area contributed by atoms with Gasteiger partial charge in [0.05, 0.1) is 12.6 Å². The lowest BCUT2D eigenvalue weighted by atomic mass is 9.93. The topological polar surface area (TPSA) is 81.8 Å². The second kappa shape index (κ2) is 9.08. The van der Waals surface area contributed by atoms with E-state index < -0.39 is 12.1 Å². The predicted octanol–water partition coefficient (Wildman–Crippen LogP) is 3.17. The summed E-state index contributed by atoms with van der Waals surface area (Å²) in [6, 6.07) is 13.4. The molecule has 7 nitrogen and oxygen atoms in total. The van der Waals surface area contributed by atoms with Gasteiger partial charge < -0.3 is 15.5 Å². The summed E-state index contributed by atoms with van der Waals surface area (Å²) < 4.78 is 0. The quantitative estimate of drug-likeness (QED) is 0.748. The number of piperidine rings is 1. The highest BCUT2D eigenvalue weighted by atomic mass is 35.5. The number of carbonyl (C=O) groups is 3. The van der Waals surface area contributed by atoms with Crippen LogP contribution in [0.3, 0.4) is 0 Å². The third-order valence-corrected chi connectivity index (χ3v) is 6.19. The van der Waals surface area contributed by atoms with Crippen molar-refractivity contribution >= 4 is 35.1 Å². The molecular weight excluding hydrogens is 416 g/mol. The third kappa shape index (κ3) is 4.57. The average Bonchev–Trinajstić information content (AvgIpc) is 2.77. The number of rotatable bonds is 5. The summed E-state index contributed by atoms with van der Waals surface area (Å²) in [5.74, 6) is -0.563. The molecule has 0 aliphatic carbocycles. The van der Waals surface area contributed by atoms with Crippen LogP contribution in [0.25, 0.3) is 0 Å². The molecule has 2 unspecified atom stereocenters. The number of hydrogen-bond donors (Lipinski definition) is 2. The Morgan fingerprint density at radius 1 is 1.19 bits per heavy atom. The van der Waals surface area contributed by atoms with Crippen LogP contribution < -0.4 is 10.6 Å². The molecule has 31 heavy (non-hydrogen) atoms. The number of nitrogens with zero attached hydrogens (tertiary/aromatic N) is 2. The van der Waals surface area contributed by atoms with Crippen LogP contribution in [-0.4, -0.2) is 52.8 Å². The van der Waals surface area contributed by atoms with Crippen molar-refractivity contribution in [3.63, 3.8) is 0 Å². The van der Waals surface area contributed by atoms with Crippen LogP contribution in [0, 0.1) is 6.92 Å². The zero-order chi connectivity index (χ0) is 22.0. The van der Waals surface area contributed by atoms with Crippen molar-refractivity contribution in [3.8, 4) is 0 Å². The summed E-state index contributed by atoms with van der Waals surface area (Å²) in [5.41, 5.74) is 2.34. The Hall–Kier alpha value is -2.90. The van der Waals surface area contributed by atoms with Crippen molar-refractivity contribution in [2.24, 2.45) is 0 Å². The minimum Gasteiger partial charge on any atom is -0.324 e. The lowest BCUT2D eigenvalue weighted by Crippen LogP contribution is -2.70. The van der Waals surface area contributed by atoms with Crippen molar-refractivity contribution in [2.75, 3.05) is 18.4 Å². The molecule has 4 rings (SSSR count). The van der Waals surface area contributed by atoms with Gasteiger partial charge >= 0.3 is 6.03 Å². The molecule has 2 aliphatic heterocycles. The smallest absolute Gasteiger partial charge is 0.324 e. The van der Waals surface area contributed by atoms with E-state index in [1.54, 1.807) is 12.1 Å². The van der Waals surface area contributed by atoms with Gasteiger partial charge in [0, 0.05) is 10.7 Å². The minimum absolute atomic E-state index is 0.133. The van der Waals surface area contributed by atoms with Gasteiger partial charge in [-0.2, -0.15) is 0 Å². The number of urea groups is 1. The van der Waals surface area contributed by atoms with Gasteiger partial charge in [0.25, 0.3) is 0 Å². The van der Waals surface area contributed by atoms with Gasteiger partial charge in [-0.3, -0.25) is 14.5 Å². The first-order valence-corrected chi connectivity index (χ1v) is 10.8. The molecule has 8 heteroatoms. The van der Waals surface area contributed by atoms with Gasteiger partial charge in [-0.25, -0.2) is 4.79 Å². The Morgan fingerprint density at radius 3 is 2.71 bits per heavy atom. The van der Waals surface area contributed by atoms with Crippen LogP contribution in [0.4, 0.5) is 10.5 Å². The van der Waals surface area contributed by atoms with Crippen molar-refractivity contribution in [2.45, 2.75) is 38.4 Å². The van der Waals surface area contributed by atoms with E-state index in [9.17, 15) is 14.4 Å². The molecule has 0 saturated carbocycles. The molecule has 0 spiro atoms. The zero-order valence-corrected chi connectivity index (χ0v) is 18.1. The molecule has 2 N–H and O–H groups in total. The average molecular weight is 441 g/mol. The first kappa shape index (κ1) is 21.3. The highest BCUT2D eigenvalue weighted by molar-refractivity contribution is 6.31. The molecule has 2 saturated heterocycles. The summed E-state index contributed by atoms with van der Waals surface area (Å²) in [4.78, 5) is 41.9. The van der Waals surface area contributed by atoms with E-state index >= 15 is 0 Å². The number of carbonyl (C=O) groups excluding carboxylic acids is 3. The zero-order valence-electron chi connectivity index (χ0n) is 17.3. The fraction of sp³-hybridized carbons (Fsp3) is 0.348. The van der Waals surface area contributed by atoms with Gasteiger partial charge in [0.2, 0.25) is 11.8 Å². The molecule has 2 fully saturated rings. The van der Waals surface area contributed by atoms with Gasteiger partial charge in [-0.1, -0.05) is 48.0 Å². The first-order chi connectivity index (χ1) is 14.9. The van der Waals surface area contributed by atoms with Crippen LogP contribution in [0.5, 0.6) is 0 Å². The second-order valence-electron chi connectivity index (χ2n) is 7.97. The molecule has 2 aromatic carbocycles. The largest absolute Gasteiger partial charge is 0.327 e. The summed E-state index contributed by atoms with van der Waals surface area (Å²) in [6.45, 7) is 2.64. The van der Waals surface area contributed by atoms with E-state index in [1.165, 1.54) is 9.80 Å². The van der Waals surface area contributed by atoms with Crippen molar-refractivity contribution in [1.29, 1.82) is 0 Å². The van der Waals surface area contributed by atoms with Crippen LogP contribution in [-0.2, 0) is 16.1 Å². The Bertz CT molecular complexity index is 998. The van der Waals surface area contributed by atoms with Gasteiger partial charge in [0.1, 0.15) is 12.6 Å². The summed E-state index contributed by atoms with van der Waals surface area (Å²) in [7, 11) is 0. The third-order valence-electron chi connectivity index (χ3n) is 5.79.